The van der Waals surface area contributed by atoms with Crippen molar-refractivity contribution in [1.82, 2.24) is 5.32 Å². The minimum Gasteiger partial charge on any atom is -0.340 e. The molecule has 0 unspecified atom stereocenters. The van der Waals surface area contributed by atoms with Crippen LogP contribution >= 0.6 is 11.6 Å². The lowest BCUT2D eigenvalue weighted by atomic mass is 10.1. The molecule has 5 heteroatoms. The molecular formula is C19H21ClFN2O+. The molecule has 0 aliphatic rings. The quantitative estimate of drug-likeness (QED) is 0.773. The predicted octanol–water partition coefficient (Wildman–Crippen LogP) is 2.49. The third kappa shape index (κ3) is 5.48. The molecule has 0 heterocycles. The summed E-state index contributed by atoms with van der Waals surface area (Å²) in [5.74, 6) is -0.679. The number of hydrogen-bond donors (Lipinski definition) is 2. The summed E-state index contributed by atoms with van der Waals surface area (Å²) in [4.78, 5) is 13.5. The number of rotatable bonds is 6. The second-order valence-corrected chi connectivity index (χ2v) is 6.30. The summed E-state index contributed by atoms with van der Waals surface area (Å²) in [5, 5.41) is 3.05. The van der Waals surface area contributed by atoms with Gasteiger partial charge >= 0.3 is 0 Å². The minimum atomic E-state index is -0.476. The van der Waals surface area contributed by atoms with E-state index in [1.54, 1.807) is 12.1 Å². The summed E-state index contributed by atoms with van der Waals surface area (Å²) in [7, 11) is 4.08. The van der Waals surface area contributed by atoms with Gasteiger partial charge in [0.2, 0.25) is 5.91 Å². The van der Waals surface area contributed by atoms with Crippen LogP contribution in [0.4, 0.5) is 4.39 Å². The van der Waals surface area contributed by atoms with Crippen molar-refractivity contribution < 1.29 is 14.1 Å². The fraction of sp³-hybridized carbons (Fsp3) is 0.211. The van der Waals surface area contributed by atoms with E-state index in [0.29, 0.717) is 5.56 Å². The summed E-state index contributed by atoms with van der Waals surface area (Å²) in [6.45, 7) is 0.770. The molecule has 0 fully saturated rings. The molecule has 24 heavy (non-hydrogen) atoms. The summed E-state index contributed by atoms with van der Waals surface area (Å²) in [5.41, 5.74) is 1.73. The summed E-state index contributed by atoms with van der Waals surface area (Å²) >= 11 is 5.74. The van der Waals surface area contributed by atoms with Crippen LogP contribution in [-0.4, -0.2) is 26.5 Å². The molecule has 0 aromatic heterocycles. The second kappa shape index (κ2) is 8.62. The monoisotopic (exact) mass is 347 g/mol. The molecule has 1 atom stereocenters. The first-order valence-electron chi connectivity index (χ1n) is 7.73. The van der Waals surface area contributed by atoms with Gasteiger partial charge in [-0.1, -0.05) is 48.0 Å². The van der Waals surface area contributed by atoms with Crippen molar-refractivity contribution in [3.05, 3.63) is 76.6 Å². The Balaban J connectivity index is 2.07. The van der Waals surface area contributed by atoms with E-state index < -0.39 is 5.82 Å². The van der Waals surface area contributed by atoms with Crippen LogP contribution in [-0.2, 0) is 4.79 Å². The maximum Gasteiger partial charge on any atom is 0.244 e. The van der Waals surface area contributed by atoms with Gasteiger partial charge in [0.05, 0.1) is 19.1 Å². The molecule has 2 N–H and O–H groups in total. The number of amides is 1. The summed E-state index contributed by atoms with van der Waals surface area (Å²) in [6.07, 6.45) is 3.05. The van der Waals surface area contributed by atoms with Crippen LogP contribution in [0.15, 0.2) is 54.6 Å². The number of nitrogens with one attached hydrogen (secondary N) is 2. The van der Waals surface area contributed by atoms with Gasteiger partial charge in [-0.3, -0.25) is 4.79 Å². The Hall–Kier alpha value is -2.17. The first kappa shape index (κ1) is 18.2. The van der Waals surface area contributed by atoms with Crippen LogP contribution in [0.5, 0.6) is 0 Å². The number of hydrogen-bond acceptors (Lipinski definition) is 1. The number of carbonyl (C=O) groups excluding carboxylic acids is 1. The highest BCUT2D eigenvalue weighted by molar-refractivity contribution is 6.30. The van der Waals surface area contributed by atoms with Crippen molar-refractivity contribution in [2.45, 2.75) is 6.04 Å². The number of benzene rings is 2. The van der Waals surface area contributed by atoms with Gasteiger partial charge in [-0.2, -0.15) is 0 Å². The Labute approximate surface area is 146 Å². The van der Waals surface area contributed by atoms with Crippen LogP contribution in [0, 0.1) is 5.82 Å². The fourth-order valence-corrected chi connectivity index (χ4v) is 2.54. The van der Waals surface area contributed by atoms with E-state index in [0.717, 1.165) is 12.1 Å². The molecule has 2 rings (SSSR count). The van der Waals surface area contributed by atoms with E-state index in [2.05, 4.69) is 5.32 Å². The highest BCUT2D eigenvalue weighted by Crippen LogP contribution is 2.17. The number of halogens is 2. The molecular weight excluding hydrogens is 327 g/mol. The van der Waals surface area contributed by atoms with Gasteiger partial charge < -0.3 is 10.2 Å². The lowest BCUT2D eigenvalue weighted by Gasteiger charge is -2.20. The Bertz CT molecular complexity index is 717. The topological polar surface area (TPSA) is 33.5 Å². The van der Waals surface area contributed by atoms with Crippen LogP contribution in [0.3, 0.4) is 0 Å². The molecule has 2 aromatic rings. The molecule has 0 saturated carbocycles. The number of carbonyl (C=O) groups is 1. The Morgan fingerprint density at radius 2 is 1.96 bits per heavy atom. The second-order valence-electron chi connectivity index (χ2n) is 5.89. The molecule has 0 aliphatic heterocycles. The van der Waals surface area contributed by atoms with Gasteiger partial charge in [-0.15, -0.1) is 0 Å². The van der Waals surface area contributed by atoms with Crippen molar-refractivity contribution >= 4 is 23.6 Å². The van der Waals surface area contributed by atoms with Gasteiger partial charge in [-0.05, 0) is 29.3 Å². The number of likely N-dealkylation sites (N-methyl/N-ethyl adjacent to an activating group) is 1. The standard InChI is InChI=1S/C19H20ClFN2O/c1-23(2)13-18(15-6-4-3-5-7-15)22-19(24)11-9-14-8-10-17(21)16(20)12-14/h3-12,18H,13H2,1-2H3,(H,22,24)/p+1/b11-9+/t18-/m1/s1. The average molecular weight is 348 g/mol. The maximum absolute atomic E-state index is 13.1. The smallest absolute Gasteiger partial charge is 0.244 e. The van der Waals surface area contributed by atoms with Crippen LogP contribution in [0.1, 0.15) is 17.2 Å². The average Bonchev–Trinajstić information content (AvgIpc) is 2.56. The summed E-state index contributed by atoms with van der Waals surface area (Å²) < 4.78 is 13.1. The molecule has 126 valence electrons. The number of quaternary nitrogens is 1. The highest BCUT2D eigenvalue weighted by atomic mass is 35.5. The van der Waals surface area contributed by atoms with Crippen molar-refractivity contribution in [3.8, 4) is 0 Å². The van der Waals surface area contributed by atoms with Crippen LogP contribution in [0.2, 0.25) is 5.02 Å². The molecule has 3 nitrogen and oxygen atoms in total. The molecule has 0 aliphatic carbocycles. The van der Waals surface area contributed by atoms with Crippen molar-refractivity contribution in [2.24, 2.45) is 0 Å². The van der Waals surface area contributed by atoms with Gasteiger partial charge in [-0.25, -0.2) is 4.39 Å². The molecule has 0 spiro atoms. The van der Waals surface area contributed by atoms with E-state index in [-0.39, 0.29) is 17.0 Å². The zero-order chi connectivity index (χ0) is 17.5. The van der Waals surface area contributed by atoms with Crippen LogP contribution < -0.4 is 10.2 Å². The van der Waals surface area contributed by atoms with Gasteiger partial charge in [0.15, 0.2) is 0 Å². The third-order valence-electron chi connectivity index (χ3n) is 3.50. The van der Waals surface area contributed by atoms with E-state index in [4.69, 9.17) is 11.6 Å². The fourth-order valence-electron chi connectivity index (χ4n) is 2.35. The predicted molar refractivity (Wildman–Crippen MR) is 95.4 cm³/mol. The van der Waals surface area contributed by atoms with Gasteiger partial charge in [0, 0.05) is 6.08 Å². The van der Waals surface area contributed by atoms with Crippen molar-refractivity contribution in [3.63, 3.8) is 0 Å². The Morgan fingerprint density at radius 3 is 2.58 bits per heavy atom. The normalized spacial score (nSPS) is 12.5. The van der Waals surface area contributed by atoms with Crippen LogP contribution in [0.25, 0.3) is 6.08 Å². The summed E-state index contributed by atoms with van der Waals surface area (Å²) in [6, 6.07) is 14.1. The Kier molecular flexibility index (Phi) is 6.53. The van der Waals surface area contributed by atoms with Gasteiger partial charge in [0.1, 0.15) is 18.4 Å². The van der Waals surface area contributed by atoms with Gasteiger partial charge in [0.25, 0.3) is 0 Å². The van der Waals surface area contributed by atoms with E-state index in [1.165, 1.54) is 23.1 Å². The van der Waals surface area contributed by atoms with E-state index in [1.807, 2.05) is 44.4 Å². The largest absolute Gasteiger partial charge is 0.340 e. The molecule has 2 aromatic carbocycles. The SMILES string of the molecule is C[NH+](C)C[C@@H](NC(=O)/C=C/c1ccc(F)c(Cl)c1)c1ccccc1. The highest BCUT2D eigenvalue weighted by Gasteiger charge is 2.16. The van der Waals surface area contributed by atoms with Crippen molar-refractivity contribution in [2.75, 3.05) is 20.6 Å². The van der Waals surface area contributed by atoms with Crippen molar-refractivity contribution in [1.29, 1.82) is 0 Å². The zero-order valence-electron chi connectivity index (χ0n) is 13.7. The molecule has 0 radical (unpaired) electrons. The molecule has 1 amide bonds. The maximum atomic E-state index is 13.1. The molecule has 0 bridgehead atoms. The zero-order valence-corrected chi connectivity index (χ0v) is 14.5. The Morgan fingerprint density at radius 1 is 1.25 bits per heavy atom. The minimum absolute atomic E-state index is 0.0379. The van der Waals surface area contributed by atoms with E-state index >= 15 is 0 Å². The first-order valence-corrected chi connectivity index (χ1v) is 8.11. The first-order chi connectivity index (χ1) is 11.5. The lowest BCUT2D eigenvalue weighted by molar-refractivity contribution is -0.860. The lowest BCUT2D eigenvalue weighted by Crippen LogP contribution is -3.06. The van der Waals surface area contributed by atoms with E-state index in [9.17, 15) is 9.18 Å². The molecule has 0 saturated heterocycles. The third-order valence-corrected chi connectivity index (χ3v) is 3.79.